The number of rotatable bonds is 2. The van der Waals surface area contributed by atoms with Gasteiger partial charge in [0.05, 0.1) is 0 Å². The normalized spacial score (nSPS) is 9.79. The Balaban J connectivity index is 2.30. The molecule has 0 atom stereocenters. The highest BCUT2D eigenvalue weighted by Gasteiger charge is 1.93. The van der Waals surface area contributed by atoms with E-state index >= 15 is 0 Å². The number of para-hydroxylation sites is 2. The Bertz CT molecular complexity index is 346. The lowest BCUT2D eigenvalue weighted by Gasteiger charge is -2.32. The first-order valence-electron chi connectivity index (χ1n) is 4.45. The van der Waals surface area contributed by atoms with Gasteiger partial charge in [0, 0.05) is 11.4 Å². The predicted molar refractivity (Wildman–Crippen MR) is 62.4 cm³/mol. The molecule has 0 aliphatic rings. The summed E-state index contributed by atoms with van der Waals surface area (Å²) < 4.78 is 1.75. The molecule has 0 heterocycles. The molecule has 1 nitrogen and oxygen atoms in total. The van der Waals surface area contributed by atoms with Crippen LogP contribution in [0.5, 0.6) is 0 Å². The third-order valence-corrected chi connectivity index (χ3v) is 2.40. The van der Waals surface area contributed by atoms with E-state index in [-0.39, 0.29) is 0 Å². The van der Waals surface area contributed by atoms with Crippen LogP contribution in [-0.2, 0) is 12.8 Å². The Hall–Kier alpha value is -1.41. The summed E-state index contributed by atoms with van der Waals surface area (Å²) >= 11 is 5.30. The summed E-state index contributed by atoms with van der Waals surface area (Å²) in [6, 6.07) is 19.9. The van der Waals surface area contributed by atoms with Crippen LogP contribution >= 0.6 is 0 Å². The molecule has 2 rings (SSSR count). The van der Waals surface area contributed by atoms with Crippen LogP contribution in [-0.4, -0.2) is 0 Å². The van der Waals surface area contributed by atoms with Crippen molar-refractivity contribution in [3.63, 3.8) is 0 Å². The van der Waals surface area contributed by atoms with Crippen LogP contribution in [0, 0.1) is 0 Å². The van der Waals surface area contributed by atoms with E-state index in [0.29, 0.717) is 0 Å². The van der Waals surface area contributed by atoms with Gasteiger partial charge in [-0.3, -0.25) is 0 Å². The fraction of sp³-hybridized carbons (Fsp3) is 0. The molecule has 0 aliphatic carbocycles. The summed E-state index contributed by atoms with van der Waals surface area (Å²) in [7, 11) is 0. The van der Waals surface area contributed by atoms with Gasteiger partial charge in [0.25, 0.3) is 0 Å². The van der Waals surface area contributed by atoms with Crippen molar-refractivity contribution in [1.82, 2.24) is 0 Å². The topological polar surface area (TPSA) is 3.24 Å². The van der Waals surface area contributed by atoms with Crippen LogP contribution in [0.4, 0.5) is 11.4 Å². The molecule has 0 saturated carbocycles. The molecule has 0 amide bonds. The molecule has 0 spiro atoms. The maximum absolute atomic E-state index is 5.30. The summed E-state index contributed by atoms with van der Waals surface area (Å²) in [4.78, 5) is 0. The van der Waals surface area contributed by atoms with Gasteiger partial charge in [-0.2, -0.15) is 0 Å². The molecule has 2 heteroatoms. The van der Waals surface area contributed by atoms with Crippen molar-refractivity contribution in [2.45, 2.75) is 0 Å². The van der Waals surface area contributed by atoms with Crippen molar-refractivity contribution in [2.75, 3.05) is 4.31 Å². The van der Waals surface area contributed by atoms with Crippen LogP contribution in [0.2, 0.25) is 0 Å². The Morgan fingerprint density at radius 1 is 0.643 bits per heavy atom. The third kappa shape index (κ3) is 1.91. The summed E-state index contributed by atoms with van der Waals surface area (Å²) in [5.41, 5.74) is 2.04. The molecule has 0 fully saturated rings. The number of hydrogen-bond acceptors (Lipinski definition) is 2. The molecular weight excluding hydrogens is 190 g/mol. The van der Waals surface area contributed by atoms with Crippen LogP contribution in [0.15, 0.2) is 60.7 Å². The van der Waals surface area contributed by atoms with Gasteiger partial charge in [-0.05, 0) is 24.3 Å². The van der Waals surface area contributed by atoms with E-state index in [9.17, 15) is 0 Å². The average Bonchev–Trinajstić information content (AvgIpc) is 2.30. The number of anilines is 2. The lowest BCUT2D eigenvalue weighted by atomic mass is 10.3. The first-order chi connectivity index (χ1) is 6.88. The summed E-state index contributed by atoms with van der Waals surface area (Å²) in [6.45, 7) is 0. The molecule has 0 aliphatic heterocycles. The highest BCUT2D eigenvalue weighted by atomic mass is 32.1. The second-order valence-corrected chi connectivity index (χ2v) is 3.33. The quantitative estimate of drug-likeness (QED) is 0.684. The van der Waals surface area contributed by atoms with Crippen molar-refractivity contribution in [3.05, 3.63) is 60.7 Å². The van der Waals surface area contributed by atoms with E-state index in [1.165, 1.54) is 0 Å². The Kier molecular flexibility index (Phi) is 2.75. The Morgan fingerprint density at radius 2 is 1.00 bits per heavy atom. The maximum Gasteiger partial charge on any atom is 0.0185 e. The molecule has 70 valence electrons. The van der Waals surface area contributed by atoms with Crippen LogP contribution in [0.25, 0.3) is 0 Å². The molecule has 0 aromatic heterocycles. The lowest BCUT2D eigenvalue weighted by molar-refractivity contribution is 1.44. The zero-order valence-corrected chi connectivity index (χ0v) is 8.45. The van der Waals surface area contributed by atoms with Gasteiger partial charge in [0.1, 0.15) is 0 Å². The van der Waals surface area contributed by atoms with E-state index in [1.807, 2.05) is 60.7 Å². The molecule has 0 bridgehead atoms. The van der Waals surface area contributed by atoms with Crippen molar-refractivity contribution in [1.29, 1.82) is 0 Å². The van der Waals surface area contributed by atoms with Crippen molar-refractivity contribution in [3.8, 4) is 0 Å². The molecular formula is C12H10NS-. The highest BCUT2D eigenvalue weighted by Crippen LogP contribution is 2.22. The smallest absolute Gasteiger partial charge is 0.0185 e. The van der Waals surface area contributed by atoms with Gasteiger partial charge in [-0.1, -0.05) is 36.4 Å². The van der Waals surface area contributed by atoms with Crippen LogP contribution < -0.4 is 4.31 Å². The summed E-state index contributed by atoms with van der Waals surface area (Å²) in [5, 5.41) is 0. The SMILES string of the molecule is [S-]N(c1ccccc1)c1ccccc1. The van der Waals surface area contributed by atoms with E-state index in [4.69, 9.17) is 12.8 Å². The van der Waals surface area contributed by atoms with Crippen LogP contribution in [0.3, 0.4) is 0 Å². The van der Waals surface area contributed by atoms with E-state index in [2.05, 4.69) is 0 Å². The minimum atomic E-state index is 1.02. The monoisotopic (exact) mass is 200 g/mol. The molecule has 0 radical (unpaired) electrons. The number of benzene rings is 2. The molecule has 0 saturated heterocycles. The molecule has 2 aromatic rings. The van der Waals surface area contributed by atoms with Crippen molar-refractivity contribution < 1.29 is 0 Å². The minimum Gasteiger partial charge on any atom is -0.661 e. The van der Waals surface area contributed by atoms with Gasteiger partial charge in [0.15, 0.2) is 0 Å². The zero-order valence-electron chi connectivity index (χ0n) is 7.63. The third-order valence-electron chi connectivity index (χ3n) is 1.98. The number of hydrogen-bond donors (Lipinski definition) is 0. The van der Waals surface area contributed by atoms with Gasteiger partial charge in [0.2, 0.25) is 0 Å². The largest absolute Gasteiger partial charge is 0.661 e. The molecule has 0 unspecified atom stereocenters. The Morgan fingerprint density at radius 3 is 1.36 bits per heavy atom. The van der Waals surface area contributed by atoms with Gasteiger partial charge in [-0.15, -0.1) is 0 Å². The highest BCUT2D eigenvalue weighted by molar-refractivity contribution is 7.61. The van der Waals surface area contributed by atoms with E-state index < -0.39 is 0 Å². The van der Waals surface area contributed by atoms with Gasteiger partial charge >= 0.3 is 0 Å². The molecule has 0 N–H and O–H groups in total. The van der Waals surface area contributed by atoms with E-state index in [1.54, 1.807) is 4.31 Å². The van der Waals surface area contributed by atoms with Gasteiger partial charge in [-0.25, -0.2) is 0 Å². The lowest BCUT2D eigenvalue weighted by Crippen LogP contribution is -2.06. The summed E-state index contributed by atoms with van der Waals surface area (Å²) in [5.74, 6) is 0. The standard InChI is InChI=1S/C12H10NS/c14-13(11-7-3-1-4-8-11)12-9-5-2-6-10-12/h1-10H/q-1. The molecule has 2 aromatic carbocycles. The Labute approximate surface area is 89.5 Å². The molecule has 14 heavy (non-hydrogen) atoms. The summed E-state index contributed by atoms with van der Waals surface area (Å²) in [6.07, 6.45) is 0. The number of nitrogens with zero attached hydrogens (tertiary/aromatic N) is 1. The van der Waals surface area contributed by atoms with E-state index in [0.717, 1.165) is 11.4 Å². The maximum atomic E-state index is 5.30. The average molecular weight is 200 g/mol. The first kappa shape index (κ1) is 9.16. The predicted octanol–water partition coefficient (Wildman–Crippen LogP) is 3.29. The zero-order chi connectivity index (χ0) is 9.80. The fourth-order valence-electron chi connectivity index (χ4n) is 1.28. The second kappa shape index (κ2) is 4.20. The minimum absolute atomic E-state index is 1.02. The first-order valence-corrected chi connectivity index (χ1v) is 4.82. The fourth-order valence-corrected chi connectivity index (χ4v) is 1.52. The second-order valence-electron chi connectivity index (χ2n) is 2.97. The van der Waals surface area contributed by atoms with Gasteiger partial charge < -0.3 is 17.1 Å². The van der Waals surface area contributed by atoms with Crippen molar-refractivity contribution in [2.24, 2.45) is 0 Å². The van der Waals surface area contributed by atoms with Crippen molar-refractivity contribution >= 4 is 24.2 Å². The van der Waals surface area contributed by atoms with Crippen LogP contribution in [0.1, 0.15) is 0 Å².